The molecule has 2 fully saturated rings. The number of phenols is 1. The summed E-state index contributed by atoms with van der Waals surface area (Å²) in [6, 6.07) is 30.4. The molecule has 0 saturated carbocycles. The Morgan fingerprint density at radius 3 is 1.41 bits per heavy atom. The van der Waals surface area contributed by atoms with Gasteiger partial charge < -0.3 is 43.9 Å². The molecular formula is C63H70BrN11O6S2. The minimum absolute atomic E-state index is 0.276. The Labute approximate surface area is 500 Å². The molecule has 8 heterocycles. The number of fused-ring (bicyclic) bond motifs is 6. The summed E-state index contributed by atoms with van der Waals surface area (Å²) >= 11 is 6.62. The van der Waals surface area contributed by atoms with Crippen LogP contribution in [-0.2, 0) is 0 Å². The maximum atomic E-state index is 8.97. The van der Waals surface area contributed by atoms with Crippen LogP contribution in [0, 0.1) is 13.8 Å². The lowest BCUT2D eigenvalue weighted by molar-refractivity contribution is 0.309. The highest BCUT2D eigenvalue weighted by molar-refractivity contribution is 9.10. The summed E-state index contributed by atoms with van der Waals surface area (Å²) in [5.74, 6) is 7.53. The molecule has 0 unspecified atom stereocenters. The predicted octanol–water partition coefficient (Wildman–Crippen LogP) is 14.7. The maximum absolute atomic E-state index is 8.97. The van der Waals surface area contributed by atoms with E-state index < -0.39 is 0 Å². The second-order valence-electron chi connectivity index (χ2n) is 20.0. The highest BCUT2D eigenvalue weighted by Gasteiger charge is 2.25. The first-order chi connectivity index (χ1) is 40.6. The van der Waals surface area contributed by atoms with Crippen molar-refractivity contribution in [2.24, 2.45) is 0 Å². The molecule has 4 aromatic carbocycles. The van der Waals surface area contributed by atoms with E-state index in [-0.39, 0.29) is 5.75 Å². The van der Waals surface area contributed by atoms with Crippen molar-refractivity contribution in [1.82, 2.24) is 45.2 Å². The van der Waals surface area contributed by atoms with Gasteiger partial charge in [0.05, 0.1) is 48.6 Å². The number of anilines is 2. The summed E-state index contributed by atoms with van der Waals surface area (Å²) in [5, 5.41) is 14.3. The van der Waals surface area contributed by atoms with Gasteiger partial charge >= 0.3 is 0 Å². The first kappa shape index (κ1) is 58.7. The molecule has 83 heavy (non-hydrogen) atoms. The van der Waals surface area contributed by atoms with Crippen molar-refractivity contribution in [1.29, 1.82) is 0 Å². The lowest BCUT2D eigenvalue weighted by atomic mass is 10.1. The highest BCUT2D eigenvalue weighted by atomic mass is 79.9. The molecule has 12 rings (SSSR count). The zero-order chi connectivity index (χ0) is 57.7. The van der Waals surface area contributed by atoms with E-state index in [4.69, 9.17) is 68.7 Å². The molecule has 17 nitrogen and oxygen atoms in total. The summed E-state index contributed by atoms with van der Waals surface area (Å²) in [4.78, 5) is 45.3. The first-order valence-corrected chi connectivity index (χ1v) is 31.1. The maximum Gasteiger partial charge on any atom is 0.236 e. The number of rotatable bonds is 18. The minimum atomic E-state index is 0.276. The van der Waals surface area contributed by atoms with E-state index >= 15 is 0 Å². The number of ether oxygens (including phenoxy) is 5. The quantitative estimate of drug-likeness (QED) is 0.0771. The Morgan fingerprint density at radius 2 is 0.940 bits per heavy atom. The third-order valence-electron chi connectivity index (χ3n) is 13.9. The largest absolute Gasteiger partial charge is 0.508 e. The van der Waals surface area contributed by atoms with Crippen LogP contribution >= 0.6 is 38.6 Å². The minimum Gasteiger partial charge on any atom is -0.508 e. The fourth-order valence-corrected chi connectivity index (χ4v) is 12.0. The molecule has 0 aliphatic carbocycles. The molecule has 0 radical (unpaired) electrons. The normalized spacial score (nSPS) is 13.4. The highest BCUT2D eigenvalue weighted by Crippen LogP contribution is 2.42. The van der Waals surface area contributed by atoms with E-state index in [9.17, 15) is 0 Å². The molecule has 10 aromatic rings. The number of aromatic hydroxyl groups is 1. The van der Waals surface area contributed by atoms with E-state index in [1.807, 2.05) is 100 Å². The first-order valence-electron chi connectivity index (χ1n) is 28.7. The van der Waals surface area contributed by atoms with Gasteiger partial charge in [0, 0.05) is 54.9 Å². The van der Waals surface area contributed by atoms with E-state index in [2.05, 4.69) is 44.9 Å². The number of piperidine rings is 1. The van der Waals surface area contributed by atoms with Gasteiger partial charge in [-0.25, -0.2) is 29.9 Å². The van der Waals surface area contributed by atoms with Gasteiger partial charge in [0.2, 0.25) is 23.7 Å². The second kappa shape index (κ2) is 28.2. The molecule has 2 aliphatic heterocycles. The second-order valence-corrected chi connectivity index (χ2v) is 22.9. The van der Waals surface area contributed by atoms with Gasteiger partial charge in [-0.15, -0.1) is 22.7 Å². The fourth-order valence-electron chi connectivity index (χ4n) is 9.53. The number of nitrogens with zero attached hydrogens (tertiary/aromatic N) is 10. The lowest BCUT2D eigenvalue weighted by Gasteiger charge is -2.27. The van der Waals surface area contributed by atoms with Gasteiger partial charge in [0.1, 0.15) is 58.8 Å². The van der Waals surface area contributed by atoms with Crippen LogP contribution in [0.3, 0.4) is 0 Å². The number of thiophene rings is 2. The van der Waals surface area contributed by atoms with Crippen molar-refractivity contribution in [3.8, 4) is 63.3 Å². The van der Waals surface area contributed by atoms with Crippen LogP contribution in [0.1, 0.15) is 84.0 Å². The molecule has 20 heteroatoms. The van der Waals surface area contributed by atoms with Crippen molar-refractivity contribution in [2.75, 3.05) is 75.5 Å². The van der Waals surface area contributed by atoms with Crippen LogP contribution in [-0.4, -0.2) is 111 Å². The smallest absolute Gasteiger partial charge is 0.236 e. The number of phenolic OH excluding ortho intramolecular Hbond substituents is 1. The summed E-state index contributed by atoms with van der Waals surface area (Å²) < 4.78 is 32.0. The lowest BCUT2D eigenvalue weighted by Crippen LogP contribution is -2.44. The van der Waals surface area contributed by atoms with Gasteiger partial charge in [-0.3, -0.25) is 0 Å². The molecule has 0 atom stereocenters. The van der Waals surface area contributed by atoms with Crippen LogP contribution in [0.25, 0.3) is 63.6 Å². The third-order valence-corrected chi connectivity index (χ3v) is 16.5. The number of nitrogens with one attached hydrogen (secondary N) is 1. The SMILES string of the molecule is CCCCOc1ccc(O)cc1.CCCCOc1ccc(Oc2ccc(-c3nc(C)c4c(n3)sc3c(OCC)nc(N5CCNCC5)nc34)cc2)cc1.CCOc1nc(N2CCCCC2)nc2c1sc1nc(-c3ccc(Br)cc3)nc(C)c12. The Hall–Kier alpha value is -7.52. The average molecular weight is 1220 g/mol. The zero-order valence-electron chi connectivity index (χ0n) is 47.9. The average Bonchev–Trinajstić information content (AvgIpc) is 3.84. The van der Waals surface area contributed by atoms with E-state index in [1.54, 1.807) is 46.9 Å². The molecule has 2 saturated heterocycles. The summed E-state index contributed by atoms with van der Waals surface area (Å²) in [6.07, 6.45) is 7.98. The number of piperazine rings is 1. The number of hydrogen-bond acceptors (Lipinski definition) is 19. The molecule has 0 amide bonds. The van der Waals surface area contributed by atoms with Crippen LogP contribution < -0.4 is 38.8 Å². The third kappa shape index (κ3) is 14.5. The van der Waals surface area contributed by atoms with Crippen molar-refractivity contribution < 1.29 is 28.8 Å². The van der Waals surface area contributed by atoms with Gasteiger partial charge in [0.25, 0.3) is 0 Å². The number of benzene rings is 4. The van der Waals surface area contributed by atoms with E-state index in [0.29, 0.717) is 36.7 Å². The Bertz CT molecular complexity index is 3750. The molecule has 2 N–H and O–H groups in total. The molecule has 432 valence electrons. The van der Waals surface area contributed by atoms with Crippen molar-refractivity contribution in [2.45, 2.75) is 86.5 Å². The fraction of sp³-hybridized carbons (Fsp3) is 0.365. The molecular weight excluding hydrogens is 1150 g/mol. The Kier molecular flexibility index (Phi) is 19.9. The van der Waals surface area contributed by atoms with Crippen LogP contribution in [0.5, 0.6) is 40.5 Å². The van der Waals surface area contributed by atoms with Gasteiger partial charge in [-0.2, -0.15) is 9.97 Å². The van der Waals surface area contributed by atoms with Crippen molar-refractivity contribution in [3.05, 3.63) is 113 Å². The number of aryl methyl sites for hydroxylation is 2. The topological polar surface area (TPSA) is 188 Å². The molecule has 0 spiro atoms. The summed E-state index contributed by atoms with van der Waals surface area (Å²) in [6.45, 7) is 20.4. The molecule has 6 aromatic heterocycles. The summed E-state index contributed by atoms with van der Waals surface area (Å²) in [7, 11) is 0. The number of halogens is 1. The summed E-state index contributed by atoms with van der Waals surface area (Å²) in [5.41, 5.74) is 5.46. The predicted molar refractivity (Wildman–Crippen MR) is 338 cm³/mol. The van der Waals surface area contributed by atoms with Gasteiger partial charge in [-0.1, -0.05) is 54.8 Å². The van der Waals surface area contributed by atoms with Gasteiger partial charge in [-0.05, 0) is 145 Å². The standard InChI is InChI=1S/C31H34N6O3S.C22H22BrN5OS.C10H14O2/c1-4-6-19-39-22-11-13-24(14-12-22)40-23-9-7-21(8-10-23)28-33-20(3)25-26-27(41-30(25)35-28)29(38-5-2)36-31(34-26)37-17-15-32-16-18-37;1-3-29-20-18-17(25-22(27-20)28-11-5-4-6-12-28)16-13(2)24-19(26-21(16)30-18)14-7-9-15(23)10-8-14;1-2-3-8-12-10-6-4-9(11)5-7-10/h7-14,32H,4-6,15-19H2,1-3H3;7-10H,3-6,11-12H2,1-2H3;4-7,11H,2-3,8H2,1H3. The monoisotopic (exact) mass is 1220 g/mol. The Balaban J connectivity index is 0.000000159. The van der Waals surface area contributed by atoms with E-state index in [0.717, 1.165) is 181 Å². The van der Waals surface area contributed by atoms with Crippen LogP contribution in [0.15, 0.2) is 102 Å². The molecule has 0 bridgehead atoms. The number of hydrogen-bond donors (Lipinski definition) is 2. The zero-order valence-corrected chi connectivity index (χ0v) is 51.1. The van der Waals surface area contributed by atoms with Crippen LogP contribution in [0.4, 0.5) is 11.9 Å². The Morgan fingerprint density at radius 1 is 0.506 bits per heavy atom. The van der Waals surface area contributed by atoms with Gasteiger partial charge in [0.15, 0.2) is 11.6 Å². The van der Waals surface area contributed by atoms with Crippen LogP contribution in [0.2, 0.25) is 0 Å². The number of aromatic nitrogens is 8. The van der Waals surface area contributed by atoms with Crippen molar-refractivity contribution >= 4 is 91.4 Å². The molecule has 2 aliphatic rings. The van der Waals surface area contributed by atoms with E-state index in [1.165, 1.54) is 19.3 Å². The number of unbranched alkanes of at least 4 members (excludes halogenated alkanes) is 2. The van der Waals surface area contributed by atoms with Crippen molar-refractivity contribution in [3.63, 3.8) is 0 Å².